The number of phenols is 4. The first-order valence-electron chi connectivity index (χ1n) is 16.6. The van der Waals surface area contributed by atoms with Crippen LogP contribution in [-0.2, 0) is 5.41 Å². The lowest BCUT2D eigenvalue weighted by Crippen LogP contribution is -2.54. The molecule has 0 aliphatic carbocycles. The molecule has 0 aliphatic rings. The van der Waals surface area contributed by atoms with Gasteiger partial charge in [-0.05, 0) is 78.2 Å². The smallest absolute Gasteiger partial charge is 0.411 e. The van der Waals surface area contributed by atoms with Crippen LogP contribution in [0.25, 0.3) is 78.8 Å². The Balaban J connectivity index is 1.12. The van der Waals surface area contributed by atoms with Gasteiger partial charge in [-0.3, -0.25) is 0 Å². The van der Waals surface area contributed by atoms with Crippen molar-refractivity contribution in [3.63, 3.8) is 0 Å². The lowest BCUT2D eigenvalue weighted by atomic mass is 9.72. The molecule has 9 aromatic rings. The van der Waals surface area contributed by atoms with Gasteiger partial charge in [0.05, 0.1) is 16.7 Å². The Morgan fingerprint density at radius 2 is 0.842 bits per heavy atom. The van der Waals surface area contributed by atoms with Gasteiger partial charge in [-0.25, -0.2) is 19.9 Å². The number of hydrogen-bond acceptors (Lipinski definition) is 12. The van der Waals surface area contributed by atoms with Crippen molar-refractivity contribution in [3.8, 4) is 57.4 Å². The molecule has 12 nitrogen and oxygen atoms in total. The third-order valence-corrected chi connectivity index (χ3v) is 9.62. The molecular formula is C39H22F6N4O8. The van der Waals surface area contributed by atoms with Crippen molar-refractivity contribution >= 4 is 44.4 Å². The highest BCUT2D eigenvalue weighted by atomic mass is 19.4. The summed E-state index contributed by atoms with van der Waals surface area (Å²) in [5.74, 6) is -2.16. The van der Waals surface area contributed by atoms with E-state index in [0.717, 1.165) is 30.3 Å². The number of alkyl halides is 6. The maximum absolute atomic E-state index is 15.2. The number of fused-ring (bicyclic) bond motifs is 4. The number of aromatic nitrogens is 4. The number of aryl methyl sites for hydroxylation is 2. The van der Waals surface area contributed by atoms with Crippen molar-refractivity contribution in [3.05, 3.63) is 95.4 Å². The topological polar surface area (TPSA) is 185 Å². The SMILES string of the molecule is Cc1nc2cc3nc(-c4cc(O)c(-c5nc6cc(C(c7ccc8oc(-c9cc(O)c(C)cc9O)nc8c7)(C(F)(F)F)C(F)(F)F)ccc6o5)cc4O)oc3cc2o1. The maximum Gasteiger partial charge on any atom is 0.411 e. The second kappa shape index (κ2) is 11.9. The molecule has 57 heavy (non-hydrogen) atoms. The summed E-state index contributed by atoms with van der Waals surface area (Å²) in [5.41, 5.74) is -7.00. The zero-order valence-electron chi connectivity index (χ0n) is 28.9. The predicted molar refractivity (Wildman–Crippen MR) is 188 cm³/mol. The van der Waals surface area contributed by atoms with Crippen LogP contribution < -0.4 is 0 Å². The van der Waals surface area contributed by atoms with Crippen LogP contribution in [0.15, 0.2) is 90.5 Å². The summed E-state index contributed by atoms with van der Waals surface area (Å²) >= 11 is 0. The second-order valence-electron chi connectivity index (χ2n) is 13.2. The molecule has 0 saturated heterocycles. The van der Waals surface area contributed by atoms with E-state index in [2.05, 4.69) is 19.9 Å². The van der Waals surface area contributed by atoms with Crippen LogP contribution >= 0.6 is 0 Å². The van der Waals surface area contributed by atoms with Crippen molar-refractivity contribution < 1.29 is 64.4 Å². The Morgan fingerprint density at radius 3 is 1.33 bits per heavy atom. The summed E-state index contributed by atoms with van der Waals surface area (Å²) in [7, 11) is 0. The fraction of sp³-hybridized carbons (Fsp3) is 0.128. The summed E-state index contributed by atoms with van der Waals surface area (Å²) in [4.78, 5) is 16.7. The number of nitrogens with zero attached hydrogens (tertiary/aromatic N) is 4. The molecule has 4 aromatic heterocycles. The molecule has 4 N–H and O–H groups in total. The first kappa shape index (κ1) is 35.5. The monoisotopic (exact) mass is 788 g/mol. The minimum atomic E-state index is -5.99. The fourth-order valence-electron chi connectivity index (χ4n) is 6.89. The zero-order valence-corrected chi connectivity index (χ0v) is 28.9. The molecule has 18 heteroatoms. The zero-order chi connectivity index (χ0) is 40.3. The van der Waals surface area contributed by atoms with E-state index in [9.17, 15) is 20.4 Å². The lowest BCUT2D eigenvalue weighted by molar-refractivity contribution is -0.288. The quantitative estimate of drug-likeness (QED) is 0.0957. The highest BCUT2D eigenvalue weighted by Gasteiger charge is 2.72. The first-order valence-corrected chi connectivity index (χ1v) is 16.6. The molecule has 0 bridgehead atoms. The largest absolute Gasteiger partial charge is 0.508 e. The number of oxazole rings is 4. The summed E-state index contributed by atoms with van der Waals surface area (Å²) in [6.45, 7) is 3.16. The molecule has 0 aliphatic heterocycles. The Bertz CT molecular complexity index is 3040. The van der Waals surface area contributed by atoms with Gasteiger partial charge in [0, 0.05) is 13.0 Å². The molecule has 0 amide bonds. The Kier molecular flexibility index (Phi) is 7.39. The molecule has 288 valence electrons. The van der Waals surface area contributed by atoms with Crippen LogP contribution in [0.3, 0.4) is 0 Å². The Morgan fingerprint density at radius 1 is 0.439 bits per heavy atom. The second-order valence-corrected chi connectivity index (χ2v) is 13.2. The molecule has 0 fully saturated rings. The van der Waals surface area contributed by atoms with Gasteiger partial charge in [0.2, 0.25) is 23.1 Å². The van der Waals surface area contributed by atoms with Gasteiger partial charge >= 0.3 is 12.4 Å². The van der Waals surface area contributed by atoms with E-state index in [4.69, 9.17) is 17.7 Å². The van der Waals surface area contributed by atoms with Gasteiger partial charge in [0.1, 0.15) is 45.1 Å². The van der Waals surface area contributed by atoms with Crippen molar-refractivity contribution in [2.24, 2.45) is 0 Å². The summed E-state index contributed by atoms with van der Waals surface area (Å²) in [5, 5.41) is 42.4. The molecule has 9 rings (SSSR count). The van der Waals surface area contributed by atoms with Crippen molar-refractivity contribution in [2.75, 3.05) is 0 Å². The Hall–Kier alpha value is -7.24. The number of halogens is 6. The van der Waals surface area contributed by atoms with E-state index in [-0.39, 0.29) is 51.0 Å². The summed E-state index contributed by atoms with van der Waals surface area (Å²) < 4.78 is 114. The molecule has 0 atom stereocenters. The third kappa shape index (κ3) is 5.38. The molecule has 0 saturated carbocycles. The predicted octanol–water partition coefficient (Wildman–Crippen LogP) is 10.1. The van der Waals surface area contributed by atoms with E-state index in [1.54, 1.807) is 19.1 Å². The van der Waals surface area contributed by atoms with Crippen LogP contribution in [0.1, 0.15) is 22.6 Å². The number of rotatable bonds is 5. The molecule has 0 radical (unpaired) electrons. The molecule has 5 aromatic carbocycles. The molecule has 4 heterocycles. The van der Waals surface area contributed by atoms with Gasteiger partial charge < -0.3 is 38.1 Å². The van der Waals surface area contributed by atoms with Gasteiger partial charge in [0.25, 0.3) is 0 Å². The normalized spacial score (nSPS) is 12.8. The van der Waals surface area contributed by atoms with E-state index in [1.807, 2.05) is 0 Å². The van der Waals surface area contributed by atoms with E-state index >= 15 is 26.3 Å². The van der Waals surface area contributed by atoms with E-state index in [1.165, 1.54) is 13.0 Å². The summed E-state index contributed by atoms with van der Waals surface area (Å²) in [6.07, 6.45) is -12.0. The highest BCUT2D eigenvalue weighted by molar-refractivity contribution is 5.91. The minimum absolute atomic E-state index is 0.0586. The van der Waals surface area contributed by atoms with Crippen molar-refractivity contribution in [2.45, 2.75) is 31.6 Å². The lowest BCUT2D eigenvalue weighted by Gasteiger charge is -2.38. The first-order chi connectivity index (χ1) is 26.9. The fourth-order valence-corrected chi connectivity index (χ4v) is 6.89. The number of hydrogen-bond donors (Lipinski definition) is 4. The van der Waals surface area contributed by atoms with Crippen LogP contribution in [0, 0.1) is 13.8 Å². The van der Waals surface area contributed by atoms with Gasteiger partial charge in [0.15, 0.2) is 28.2 Å². The third-order valence-electron chi connectivity index (χ3n) is 9.62. The molecule has 0 spiro atoms. The number of benzene rings is 5. The van der Waals surface area contributed by atoms with Crippen LogP contribution in [0.5, 0.6) is 23.0 Å². The van der Waals surface area contributed by atoms with Crippen LogP contribution in [-0.4, -0.2) is 52.7 Å². The minimum Gasteiger partial charge on any atom is -0.508 e. The summed E-state index contributed by atoms with van der Waals surface area (Å²) in [6, 6.07) is 11.7. The average Bonchev–Trinajstić information content (AvgIpc) is 3.92. The highest BCUT2D eigenvalue weighted by Crippen LogP contribution is 2.57. The van der Waals surface area contributed by atoms with Gasteiger partial charge in [-0.1, -0.05) is 12.1 Å². The number of phenolic OH excluding ortho intramolecular Hbond substituents is 4. The molecule has 0 unspecified atom stereocenters. The van der Waals surface area contributed by atoms with E-state index < -0.39 is 63.1 Å². The van der Waals surface area contributed by atoms with Crippen molar-refractivity contribution in [1.29, 1.82) is 0 Å². The van der Waals surface area contributed by atoms with Crippen LogP contribution in [0.4, 0.5) is 26.3 Å². The molecular weight excluding hydrogens is 766 g/mol. The van der Waals surface area contributed by atoms with Crippen molar-refractivity contribution in [1.82, 2.24) is 19.9 Å². The van der Waals surface area contributed by atoms with E-state index in [0.29, 0.717) is 52.3 Å². The number of aromatic hydroxyl groups is 4. The average molecular weight is 789 g/mol. The van der Waals surface area contributed by atoms with Gasteiger partial charge in [-0.15, -0.1) is 0 Å². The Labute approximate surface area is 312 Å². The van der Waals surface area contributed by atoms with Crippen LogP contribution in [0.2, 0.25) is 0 Å². The standard InChI is InChI=1S/C39H22F6N4O8/c1-15-7-27(51)19(10-26(15)50)34-47-22-8-17(3-5-30(22)55-34)37(38(40,41)42,39(43,44)45)18-4-6-31-23(9-18)48-35(56-31)20-11-29(53)21(12-28(20)52)36-49-25-13-24-32(14-33(25)57-36)54-16(2)46-24/h3-14,50-53H,1-2H3. The van der Waals surface area contributed by atoms with Gasteiger partial charge in [-0.2, -0.15) is 26.3 Å². The maximum atomic E-state index is 15.2.